The zero-order valence-corrected chi connectivity index (χ0v) is 11.6. The number of hydrogen-bond acceptors (Lipinski definition) is 5. The summed E-state index contributed by atoms with van der Waals surface area (Å²) in [5, 5.41) is 15.0. The van der Waals surface area contributed by atoms with E-state index in [9.17, 15) is 0 Å². The Hall–Kier alpha value is -1.56. The molecule has 0 fully saturated rings. The number of tetrazole rings is 1. The van der Waals surface area contributed by atoms with E-state index in [0.717, 1.165) is 12.2 Å². The molecule has 0 saturated heterocycles. The second kappa shape index (κ2) is 5.39. The average Bonchev–Trinajstić information content (AvgIpc) is 2.86. The van der Waals surface area contributed by atoms with Crippen molar-refractivity contribution in [2.75, 3.05) is 18.1 Å². The van der Waals surface area contributed by atoms with Gasteiger partial charge in [0, 0.05) is 11.3 Å². The summed E-state index contributed by atoms with van der Waals surface area (Å²) in [6.45, 7) is 5.17. The Morgan fingerprint density at radius 3 is 2.67 bits per heavy atom. The van der Waals surface area contributed by atoms with E-state index in [1.807, 2.05) is 42.1 Å². The Morgan fingerprint density at radius 2 is 2.00 bits per heavy atom. The standard InChI is InChI=1S/C12H17N5S/c1-12(2,18-3)9-13-11-14-15-16-17(11)10-7-5-4-6-8-10/h4-8H,9H2,1-3H3,(H,13,14,16). The Kier molecular flexibility index (Phi) is 3.86. The Balaban J connectivity index is 2.14. The van der Waals surface area contributed by atoms with E-state index in [1.54, 1.807) is 4.68 Å². The van der Waals surface area contributed by atoms with Gasteiger partial charge in [-0.3, -0.25) is 0 Å². The third-order valence-electron chi connectivity index (χ3n) is 2.70. The first-order valence-electron chi connectivity index (χ1n) is 5.75. The summed E-state index contributed by atoms with van der Waals surface area (Å²) in [5.41, 5.74) is 0.951. The highest BCUT2D eigenvalue weighted by atomic mass is 32.2. The number of hydrogen-bond donors (Lipinski definition) is 1. The molecule has 0 spiro atoms. The number of benzene rings is 1. The van der Waals surface area contributed by atoms with E-state index in [1.165, 1.54) is 0 Å². The molecule has 0 aliphatic carbocycles. The van der Waals surface area contributed by atoms with Crippen molar-refractivity contribution in [2.24, 2.45) is 0 Å². The molecule has 0 unspecified atom stereocenters. The fourth-order valence-corrected chi connectivity index (χ4v) is 1.62. The topological polar surface area (TPSA) is 55.6 Å². The van der Waals surface area contributed by atoms with Crippen molar-refractivity contribution in [1.82, 2.24) is 20.2 Å². The predicted octanol–water partition coefficient (Wildman–Crippen LogP) is 2.22. The minimum absolute atomic E-state index is 0.146. The van der Waals surface area contributed by atoms with Crippen LogP contribution in [0.25, 0.3) is 5.69 Å². The van der Waals surface area contributed by atoms with Crippen molar-refractivity contribution in [1.29, 1.82) is 0 Å². The molecule has 1 aromatic carbocycles. The zero-order valence-electron chi connectivity index (χ0n) is 10.8. The molecule has 18 heavy (non-hydrogen) atoms. The quantitative estimate of drug-likeness (QED) is 0.896. The SMILES string of the molecule is CSC(C)(C)CNc1nnnn1-c1ccccc1. The van der Waals surface area contributed by atoms with Gasteiger partial charge in [0.2, 0.25) is 5.95 Å². The zero-order chi connectivity index (χ0) is 13.0. The van der Waals surface area contributed by atoms with Gasteiger partial charge in [-0.1, -0.05) is 23.3 Å². The summed E-state index contributed by atoms with van der Waals surface area (Å²) in [6.07, 6.45) is 2.10. The van der Waals surface area contributed by atoms with Gasteiger partial charge in [0.25, 0.3) is 0 Å². The van der Waals surface area contributed by atoms with Gasteiger partial charge in [0.05, 0.1) is 5.69 Å². The maximum atomic E-state index is 4.01. The van der Waals surface area contributed by atoms with Crippen molar-refractivity contribution in [3.8, 4) is 5.69 Å². The van der Waals surface area contributed by atoms with Crippen LogP contribution in [0.3, 0.4) is 0 Å². The third-order valence-corrected chi connectivity index (χ3v) is 3.94. The molecule has 1 N–H and O–H groups in total. The summed E-state index contributed by atoms with van der Waals surface area (Å²) in [7, 11) is 0. The average molecular weight is 263 g/mol. The maximum absolute atomic E-state index is 4.01. The van der Waals surface area contributed by atoms with Crippen molar-refractivity contribution in [2.45, 2.75) is 18.6 Å². The van der Waals surface area contributed by atoms with Crippen LogP contribution in [0.1, 0.15) is 13.8 Å². The molecule has 0 amide bonds. The van der Waals surface area contributed by atoms with E-state index >= 15 is 0 Å². The molecule has 0 saturated carbocycles. The summed E-state index contributed by atoms with van der Waals surface area (Å²) < 4.78 is 1.85. The molecule has 2 rings (SSSR count). The smallest absolute Gasteiger partial charge is 0.247 e. The first-order chi connectivity index (χ1) is 8.62. The first kappa shape index (κ1) is 12.9. The van der Waals surface area contributed by atoms with Crippen LogP contribution < -0.4 is 5.32 Å². The van der Waals surface area contributed by atoms with Gasteiger partial charge >= 0.3 is 0 Å². The van der Waals surface area contributed by atoms with Crippen LogP contribution in [0.5, 0.6) is 0 Å². The number of para-hydroxylation sites is 1. The molecule has 5 nitrogen and oxygen atoms in total. The molecule has 0 bridgehead atoms. The maximum Gasteiger partial charge on any atom is 0.247 e. The number of thioether (sulfide) groups is 1. The number of aromatic nitrogens is 4. The molecule has 6 heteroatoms. The van der Waals surface area contributed by atoms with Crippen LogP contribution in [0.4, 0.5) is 5.95 Å². The molecule has 96 valence electrons. The highest BCUT2D eigenvalue weighted by Gasteiger charge is 2.17. The van der Waals surface area contributed by atoms with Crippen LogP contribution in [0, 0.1) is 0 Å². The normalized spacial score (nSPS) is 11.5. The lowest BCUT2D eigenvalue weighted by molar-refractivity contribution is 0.738. The van der Waals surface area contributed by atoms with E-state index in [-0.39, 0.29) is 4.75 Å². The van der Waals surface area contributed by atoms with E-state index < -0.39 is 0 Å². The monoisotopic (exact) mass is 263 g/mol. The number of nitrogens with zero attached hydrogens (tertiary/aromatic N) is 4. The molecule has 0 aliphatic rings. The van der Waals surface area contributed by atoms with Gasteiger partial charge in [-0.2, -0.15) is 16.4 Å². The highest BCUT2D eigenvalue weighted by molar-refractivity contribution is 7.99. The number of nitrogens with one attached hydrogen (secondary N) is 1. The molecule has 0 aliphatic heterocycles. The lowest BCUT2D eigenvalue weighted by atomic mass is 10.2. The van der Waals surface area contributed by atoms with Crippen molar-refractivity contribution in [3.63, 3.8) is 0 Å². The van der Waals surface area contributed by atoms with Crippen LogP contribution in [0.2, 0.25) is 0 Å². The van der Waals surface area contributed by atoms with Gasteiger partial charge in [0.1, 0.15) is 0 Å². The number of anilines is 1. The molecular weight excluding hydrogens is 246 g/mol. The largest absolute Gasteiger partial charge is 0.351 e. The summed E-state index contributed by atoms with van der Waals surface area (Å²) in [4.78, 5) is 0. The lowest BCUT2D eigenvalue weighted by Crippen LogP contribution is -2.27. The van der Waals surface area contributed by atoms with E-state index in [4.69, 9.17) is 0 Å². The third kappa shape index (κ3) is 3.01. The fraction of sp³-hybridized carbons (Fsp3) is 0.417. The molecule has 1 heterocycles. The highest BCUT2D eigenvalue weighted by Crippen LogP contribution is 2.21. The van der Waals surface area contributed by atoms with Crippen LogP contribution >= 0.6 is 11.8 Å². The minimum atomic E-state index is 0.146. The first-order valence-corrected chi connectivity index (χ1v) is 6.98. The lowest BCUT2D eigenvalue weighted by Gasteiger charge is -2.22. The van der Waals surface area contributed by atoms with Crippen molar-refractivity contribution >= 4 is 17.7 Å². The van der Waals surface area contributed by atoms with Gasteiger partial charge < -0.3 is 5.32 Å². The van der Waals surface area contributed by atoms with Crippen molar-refractivity contribution in [3.05, 3.63) is 30.3 Å². The fourth-order valence-electron chi connectivity index (χ4n) is 1.40. The van der Waals surface area contributed by atoms with Crippen LogP contribution in [0.15, 0.2) is 30.3 Å². The molecule has 0 radical (unpaired) electrons. The van der Waals surface area contributed by atoms with Gasteiger partial charge in [-0.15, -0.1) is 0 Å². The van der Waals surface area contributed by atoms with Gasteiger partial charge in [-0.25, -0.2) is 0 Å². The Bertz CT molecular complexity index is 494. The van der Waals surface area contributed by atoms with Crippen molar-refractivity contribution < 1.29 is 0 Å². The van der Waals surface area contributed by atoms with Crippen LogP contribution in [-0.4, -0.2) is 37.8 Å². The molecule has 0 atom stereocenters. The van der Waals surface area contributed by atoms with Gasteiger partial charge in [0.15, 0.2) is 0 Å². The number of rotatable bonds is 5. The minimum Gasteiger partial charge on any atom is -0.351 e. The summed E-state index contributed by atoms with van der Waals surface area (Å²) >= 11 is 1.81. The Morgan fingerprint density at radius 1 is 1.28 bits per heavy atom. The predicted molar refractivity (Wildman–Crippen MR) is 75.2 cm³/mol. The van der Waals surface area contributed by atoms with Crippen LogP contribution in [-0.2, 0) is 0 Å². The Labute approximate surface area is 111 Å². The van der Waals surface area contributed by atoms with Gasteiger partial charge in [-0.05, 0) is 42.7 Å². The second-order valence-corrected chi connectivity index (χ2v) is 6.08. The van der Waals surface area contributed by atoms with E-state index in [2.05, 4.69) is 40.9 Å². The molecular formula is C12H17N5S. The van der Waals surface area contributed by atoms with E-state index in [0.29, 0.717) is 5.95 Å². The summed E-state index contributed by atoms with van der Waals surface area (Å²) in [5.74, 6) is 0.670. The summed E-state index contributed by atoms with van der Waals surface area (Å²) in [6, 6.07) is 9.85. The second-order valence-electron chi connectivity index (χ2n) is 4.57. The molecule has 2 aromatic rings. The molecule has 1 aromatic heterocycles.